The van der Waals surface area contributed by atoms with Gasteiger partial charge in [0.1, 0.15) is 0 Å². The van der Waals surface area contributed by atoms with E-state index in [2.05, 4.69) is 64.3 Å². The Morgan fingerprint density at radius 3 is 2.71 bits per heavy atom. The Hall–Kier alpha value is -2.74. The SMILES string of the molecule is Cc1cccc(CCN(Cc2cc3cc(C)ccc3[nH]c2=O)C(=S)NCCCN2CCOCC2)c1. The standard InChI is InChI=1S/C28H36N4O2S/c1-21-5-3-6-23(17-21)9-12-32(28(35)29-10-4-11-31-13-15-34-16-14-31)20-25-19-24-18-22(2)7-8-26(24)30-27(25)33/h3,5-8,17-19H,4,9-16,20H2,1-2H3,(H,29,35)(H,30,33). The van der Waals surface area contributed by atoms with E-state index in [0.717, 1.165) is 75.2 Å². The van der Waals surface area contributed by atoms with E-state index in [-0.39, 0.29) is 5.56 Å². The van der Waals surface area contributed by atoms with Gasteiger partial charge >= 0.3 is 0 Å². The van der Waals surface area contributed by atoms with Gasteiger partial charge in [-0.15, -0.1) is 0 Å². The van der Waals surface area contributed by atoms with Gasteiger partial charge in [0.15, 0.2) is 5.11 Å². The third kappa shape index (κ3) is 7.37. The minimum atomic E-state index is -0.0583. The topological polar surface area (TPSA) is 60.6 Å². The minimum absolute atomic E-state index is 0.0583. The lowest BCUT2D eigenvalue weighted by molar-refractivity contribution is 0.0376. The molecule has 1 saturated heterocycles. The van der Waals surface area contributed by atoms with E-state index in [1.54, 1.807) is 0 Å². The molecule has 1 fully saturated rings. The van der Waals surface area contributed by atoms with E-state index in [1.165, 1.54) is 16.7 Å². The zero-order valence-electron chi connectivity index (χ0n) is 20.8. The number of rotatable bonds is 9. The zero-order chi connectivity index (χ0) is 24.6. The number of aromatic amines is 1. The van der Waals surface area contributed by atoms with Crippen LogP contribution in [0.2, 0.25) is 0 Å². The second-order valence-electron chi connectivity index (χ2n) is 9.41. The van der Waals surface area contributed by atoms with Crippen LogP contribution in [0.4, 0.5) is 0 Å². The number of aryl methyl sites for hydroxylation is 2. The van der Waals surface area contributed by atoms with E-state index >= 15 is 0 Å². The molecule has 1 aliphatic heterocycles. The molecule has 3 aromatic rings. The van der Waals surface area contributed by atoms with Crippen molar-refractivity contribution < 1.29 is 4.74 Å². The van der Waals surface area contributed by atoms with Crippen molar-refractivity contribution in [3.05, 3.63) is 81.1 Å². The Morgan fingerprint density at radius 1 is 1.11 bits per heavy atom. The highest BCUT2D eigenvalue weighted by Crippen LogP contribution is 2.15. The lowest BCUT2D eigenvalue weighted by atomic mass is 10.1. The normalized spacial score (nSPS) is 14.2. The van der Waals surface area contributed by atoms with E-state index in [9.17, 15) is 4.79 Å². The van der Waals surface area contributed by atoms with Gasteiger partial charge in [0.25, 0.3) is 5.56 Å². The number of ether oxygens (including phenoxy) is 1. The molecular formula is C28H36N4O2S. The molecule has 0 saturated carbocycles. The first-order valence-electron chi connectivity index (χ1n) is 12.5. The fraction of sp³-hybridized carbons (Fsp3) is 0.429. The summed E-state index contributed by atoms with van der Waals surface area (Å²) in [7, 11) is 0. The van der Waals surface area contributed by atoms with Crippen molar-refractivity contribution in [2.75, 3.05) is 45.9 Å². The summed E-state index contributed by atoms with van der Waals surface area (Å²) >= 11 is 5.81. The number of morpholine rings is 1. The average Bonchev–Trinajstić information content (AvgIpc) is 2.85. The maximum atomic E-state index is 12.9. The van der Waals surface area contributed by atoms with Crippen molar-refractivity contribution in [2.24, 2.45) is 0 Å². The molecule has 186 valence electrons. The number of benzene rings is 2. The molecule has 0 spiro atoms. The Bertz CT molecular complexity index is 1200. The lowest BCUT2D eigenvalue weighted by Crippen LogP contribution is -2.43. The van der Waals surface area contributed by atoms with E-state index in [0.29, 0.717) is 11.7 Å². The molecular weight excluding hydrogens is 456 g/mol. The molecule has 0 radical (unpaired) electrons. The molecule has 0 bridgehead atoms. The molecule has 35 heavy (non-hydrogen) atoms. The van der Waals surface area contributed by atoms with Crippen molar-refractivity contribution >= 4 is 28.2 Å². The highest BCUT2D eigenvalue weighted by molar-refractivity contribution is 7.80. The van der Waals surface area contributed by atoms with Gasteiger partial charge in [0.2, 0.25) is 0 Å². The van der Waals surface area contributed by atoms with Crippen LogP contribution in [0.25, 0.3) is 10.9 Å². The van der Waals surface area contributed by atoms with Gasteiger partial charge in [-0.05, 0) is 74.6 Å². The van der Waals surface area contributed by atoms with Gasteiger partial charge in [-0.2, -0.15) is 0 Å². The van der Waals surface area contributed by atoms with Crippen LogP contribution in [0.5, 0.6) is 0 Å². The molecule has 0 unspecified atom stereocenters. The van der Waals surface area contributed by atoms with Crippen LogP contribution >= 0.6 is 12.2 Å². The summed E-state index contributed by atoms with van der Waals surface area (Å²) in [6.07, 6.45) is 1.88. The Kier molecular flexibility index (Phi) is 8.90. The number of nitrogens with zero attached hydrogens (tertiary/aromatic N) is 2. The van der Waals surface area contributed by atoms with Gasteiger partial charge in [0.05, 0.1) is 19.8 Å². The largest absolute Gasteiger partial charge is 0.379 e. The van der Waals surface area contributed by atoms with Crippen LogP contribution in [-0.2, 0) is 17.7 Å². The predicted octanol–water partition coefficient (Wildman–Crippen LogP) is 3.79. The smallest absolute Gasteiger partial charge is 0.253 e. The summed E-state index contributed by atoms with van der Waals surface area (Å²) in [5.74, 6) is 0. The van der Waals surface area contributed by atoms with Crippen molar-refractivity contribution in [2.45, 2.75) is 33.2 Å². The predicted molar refractivity (Wildman–Crippen MR) is 147 cm³/mol. The maximum absolute atomic E-state index is 12.9. The highest BCUT2D eigenvalue weighted by atomic mass is 32.1. The third-order valence-electron chi connectivity index (χ3n) is 6.51. The second-order valence-corrected chi connectivity index (χ2v) is 9.80. The molecule has 1 aromatic heterocycles. The number of pyridine rings is 1. The van der Waals surface area contributed by atoms with Crippen LogP contribution in [0, 0.1) is 13.8 Å². The number of aromatic nitrogens is 1. The first-order valence-corrected chi connectivity index (χ1v) is 12.9. The van der Waals surface area contributed by atoms with Crippen LogP contribution < -0.4 is 10.9 Å². The van der Waals surface area contributed by atoms with Gasteiger partial charge in [-0.3, -0.25) is 9.69 Å². The number of nitrogens with one attached hydrogen (secondary N) is 2. The van der Waals surface area contributed by atoms with E-state index < -0.39 is 0 Å². The minimum Gasteiger partial charge on any atom is -0.379 e. The molecule has 2 heterocycles. The van der Waals surface area contributed by atoms with Crippen LogP contribution in [0.15, 0.2) is 53.3 Å². The Labute approximate surface area is 213 Å². The molecule has 1 aliphatic rings. The molecule has 2 N–H and O–H groups in total. The first-order chi connectivity index (χ1) is 17.0. The molecule has 0 atom stereocenters. The lowest BCUT2D eigenvalue weighted by Gasteiger charge is -2.28. The number of H-pyrrole nitrogens is 1. The van der Waals surface area contributed by atoms with Crippen molar-refractivity contribution in [3.8, 4) is 0 Å². The third-order valence-corrected chi connectivity index (χ3v) is 6.91. The van der Waals surface area contributed by atoms with Crippen LogP contribution in [0.3, 0.4) is 0 Å². The monoisotopic (exact) mass is 492 g/mol. The Balaban J connectivity index is 1.44. The molecule has 0 aliphatic carbocycles. The number of thiocarbonyl (C=S) groups is 1. The molecule has 7 heteroatoms. The molecule has 2 aromatic carbocycles. The average molecular weight is 493 g/mol. The summed E-state index contributed by atoms with van der Waals surface area (Å²) in [5.41, 5.74) is 5.22. The maximum Gasteiger partial charge on any atom is 0.253 e. The fourth-order valence-electron chi connectivity index (χ4n) is 4.51. The molecule has 4 rings (SSSR count). The fourth-order valence-corrected chi connectivity index (χ4v) is 4.77. The van der Waals surface area contributed by atoms with E-state index in [1.807, 2.05) is 18.2 Å². The van der Waals surface area contributed by atoms with Gasteiger partial charge < -0.3 is 19.9 Å². The number of hydrogen-bond acceptors (Lipinski definition) is 4. The molecule has 0 amide bonds. The van der Waals surface area contributed by atoms with Crippen LogP contribution in [-0.4, -0.2) is 65.8 Å². The van der Waals surface area contributed by atoms with Crippen LogP contribution in [0.1, 0.15) is 28.7 Å². The summed E-state index contributed by atoms with van der Waals surface area (Å²) < 4.78 is 5.43. The molecule has 6 nitrogen and oxygen atoms in total. The van der Waals surface area contributed by atoms with Crippen molar-refractivity contribution in [3.63, 3.8) is 0 Å². The summed E-state index contributed by atoms with van der Waals surface area (Å²) in [4.78, 5) is 20.5. The highest BCUT2D eigenvalue weighted by Gasteiger charge is 2.15. The number of fused-ring (bicyclic) bond motifs is 1. The van der Waals surface area contributed by atoms with Gasteiger partial charge in [0, 0.05) is 37.3 Å². The van der Waals surface area contributed by atoms with Gasteiger partial charge in [-0.1, -0.05) is 41.5 Å². The van der Waals surface area contributed by atoms with E-state index in [4.69, 9.17) is 17.0 Å². The number of hydrogen-bond donors (Lipinski definition) is 2. The quantitative estimate of drug-likeness (QED) is 0.350. The summed E-state index contributed by atoms with van der Waals surface area (Å²) in [6.45, 7) is 10.9. The van der Waals surface area contributed by atoms with Crippen molar-refractivity contribution in [1.29, 1.82) is 0 Å². The summed E-state index contributed by atoms with van der Waals surface area (Å²) in [5, 5.41) is 5.18. The second kappa shape index (κ2) is 12.3. The van der Waals surface area contributed by atoms with Crippen molar-refractivity contribution in [1.82, 2.24) is 20.1 Å². The zero-order valence-corrected chi connectivity index (χ0v) is 21.6. The summed E-state index contributed by atoms with van der Waals surface area (Å²) in [6, 6.07) is 16.6. The Morgan fingerprint density at radius 2 is 1.91 bits per heavy atom. The van der Waals surface area contributed by atoms with Gasteiger partial charge in [-0.25, -0.2) is 0 Å². The first kappa shape index (κ1) is 25.4.